The van der Waals surface area contributed by atoms with Crippen molar-refractivity contribution in [1.82, 2.24) is 4.98 Å². The number of aromatic nitrogens is 1. The Hall–Kier alpha value is -2.08. The molecular formula is C12H10N2O. The number of benzene rings is 1. The summed E-state index contributed by atoms with van der Waals surface area (Å²) in [7, 11) is 0. The van der Waals surface area contributed by atoms with E-state index in [0.29, 0.717) is 5.56 Å². The SMILES string of the molecule is Cc1cccc2[nH]cc(C(=O)CC#N)c12. The number of hydrogen-bond donors (Lipinski definition) is 1. The first kappa shape index (κ1) is 9.47. The van der Waals surface area contributed by atoms with Gasteiger partial charge in [0.2, 0.25) is 0 Å². The number of aryl methyl sites for hydroxylation is 1. The minimum absolute atomic E-state index is 0.0682. The Labute approximate surface area is 87.3 Å². The molecule has 0 aliphatic carbocycles. The first-order valence-corrected chi connectivity index (χ1v) is 4.71. The lowest BCUT2D eigenvalue weighted by Gasteiger charge is -1.98. The summed E-state index contributed by atoms with van der Waals surface area (Å²) in [5, 5.41) is 9.42. The third-order valence-electron chi connectivity index (χ3n) is 2.45. The Morgan fingerprint density at radius 1 is 1.53 bits per heavy atom. The summed E-state index contributed by atoms with van der Waals surface area (Å²) >= 11 is 0. The molecule has 0 atom stereocenters. The van der Waals surface area contributed by atoms with Crippen LogP contribution in [0.4, 0.5) is 0 Å². The molecule has 2 aromatic rings. The number of fused-ring (bicyclic) bond motifs is 1. The maximum Gasteiger partial charge on any atom is 0.179 e. The molecule has 1 aromatic heterocycles. The minimum atomic E-state index is -0.127. The van der Waals surface area contributed by atoms with Crippen LogP contribution in [0.1, 0.15) is 22.3 Å². The lowest BCUT2D eigenvalue weighted by Crippen LogP contribution is -1.96. The van der Waals surface area contributed by atoms with Crippen LogP contribution in [0.2, 0.25) is 0 Å². The van der Waals surface area contributed by atoms with Crippen LogP contribution < -0.4 is 0 Å². The van der Waals surface area contributed by atoms with E-state index in [1.165, 1.54) is 0 Å². The molecule has 0 radical (unpaired) electrons. The fourth-order valence-electron chi connectivity index (χ4n) is 1.75. The van der Waals surface area contributed by atoms with Gasteiger partial charge in [-0.05, 0) is 18.6 Å². The first-order valence-electron chi connectivity index (χ1n) is 4.71. The van der Waals surface area contributed by atoms with Crippen molar-refractivity contribution >= 4 is 16.7 Å². The number of rotatable bonds is 2. The predicted molar refractivity (Wildman–Crippen MR) is 57.6 cm³/mol. The van der Waals surface area contributed by atoms with Crippen LogP contribution in [-0.2, 0) is 0 Å². The smallest absolute Gasteiger partial charge is 0.179 e. The van der Waals surface area contributed by atoms with Crippen LogP contribution >= 0.6 is 0 Å². The van der Waals surface area contributed by atoms with Gasteiger partial charge in [0.15, 0.2) is 5.78 Å². The molecule has 15 heavy (non-hydrogen) atoms. The van der Waals surface area contributed by atoms with Crippen molar-refractivity contribution in [3.63, 3.8) is 0 Å². The lowest BCUT2D eigenvalue weighted by molar-refractivity contribution is 0.0999. The second-order valence-electron chi connectivity index (χ2n) is 3.46. The van der Waals surface area contributed by atoms with E-state index in [1.54, 1.807) is 6.20 Å². The van der Waals surface area contributed by atoms with Crippen molar-refractivity contribution in [2.45, 2.75) is 13.3 Å². The fraction of sp³-hybridized carbons (Fsp3) is 0.167. The average Bonchev–Trinajstić information content (AvgIpc) is 2.63. The first-order chi connectivity index (χ1) is 7.24. The zero-order valence-corrected chi connectivity index (χ0v) is 8.37. The van der Waals surface area contributed by atoms with Crippen molar-refractivity contribution in [1.29, 1.82) is 5.26 Å². The molecule has 0 saturated heterocycles. The van der Waals surface area contributed by atoms with Gasteiger partial charge in [-0.1, -0.05) is 12.1 Å². The molecule has 0 spiro atoms. The standard InChI is InChI=1S/C12H10N2O/c1-8-3-2-4-10-12(8)9(7-14-10)11(15)5-6-13/h2-4,7,14H,5H2,1H3. The Balaban J connectivity index is 2.63. The number of nitriles is 1. The number of aromatic amines is 1. The molecule has 0 aliphatic rings. The van der Waals surface area contributed by atoms with Gasteiger partial charge in [0.05, 0.1) is 12.5 Å². The molecule has 2 rings (SSSR count). The molecule has 1 heterocycles. The van der Waals surface area contributed by atoms with Crippen molar-refractivity contribution in [2.75, 3.05) is 0 Å². The molecule has 0 aliphatic heterocycles. The van der Waals surface area contributed by atoms with Crippen LogP contribution in [0, 0.1) is 18.3 Å². The topological polar surface area (TPSA) is 56.6 Å². The Morgan fingerprint density at radius 2 is 2.33 bits per heavy atom. The largest absolute Gasteiger partial charge is 0.360 e. The van der Waals surface area contributed by atoms with Crippen molar-refractivity contribution in [3.8, 4) is 6.07 Å². The van der Waals surface area contributed by atoms with E-state index in [2.05, 4.69) is 4.98 Å². The predicted octanol–water partition coefficient (Wildman–Crippen LogP) is 2.57. The van der Waals surface area contributed by atoms with Gasteiger partial charge < -0.3 is 4.98 Å². The minimum Gasteiger partial charge on any atom is -0.360 e. The van der Waals surface area contributed by atoms with Crippen LogP contribution in [0.5, 0.6) is 0 Å². The number of nitrogens with one attached hydrogen (secondary N) is 1. The fourth-order valence-corrected chi connectivity index (χ4v) is 1.75. The van der Waals surface area contributed by atoms with Crippen molar-refractivity contribution in [2.24, 2.45) is 0 Å². The summed E-state index contributed by atoms with van der Waals surface area (Å²) in [5.74, 6) is -0.127. The van der Waals surface area contributed by atoms with Crippen LogP contribution in [-0.4, -0.2) is 10.8 Å². The van der Waals surface area contributed by atoms with E-state index in [4.69, 9.17) is 5.26 Å². The third kappa shape index (κ3) is 1.50. The van der Waals surface area contributed by atoms with Crippen LogP contribution in [0.15, 0.2) is 24.4 Å². The molecule has 0 amide bonds. The molecular weight excluding hydrogens is 188 g/mol. The number of carbonyl (C=O) groups excluding carboxylic acids is 1. The highest BCUT2D eigenvalue weighted by Crippen LogP contribution is 2.22. The highest BCUT2D eigenvalue weighted by atomic mass is 16.1. The number of nitrogens with zero attached hydrogens (tertiary/aromatic N) is 1. The molecule has 1 N–H and O–H groups in total. The normalized spacial score (nSPS) is 10.1. The number of carbonyl (C=O) groups is 1. The Bertz CT molecular complexity index is 560. The molecule has 74 valence electrons. The van der Waals surface area contributed by atoms with E-state index in [0.717, 1.165) is 16.5 Å². The second-order valence-corrected chi connectivity index (χ2v) is 3.46. The monoisotopic (exact) mass is 198 g/mol. The summed E-state index contributed by atoms with van der Waals surface area (Å²) in [4.78, 5) is 14.7. The molecule has 0 fully saturated rings. The number of ketones is 1. The molecule has 3 nitrogen and oxygen atoms in total. The number of Topliss-reactive ketones (excluding diaryl/α,β-unsaturated/α-hetero) is 1. The summed E-state index contributed by atoms with van der Waals surface area (Å²) in [6, 6.07) is 7.69. The molecule has 0 unspecified atom stereocenters. The maximum atomic E-state index is 11.6. The Morgan fingerprint density at radius 3 is 3.07 bits per heavy atom. The van der Waals surface area contributed by atoms with E-state index in [9.17, 15) is 4.79 Å². The van der Waals surface area contributed by atoms with E-state index in [1.807, 2.05) is 31.2 Å². The van der Waals surface area contributed by atoms with Crippen molar-refractivity contribution < 1.29 is 4.79 Å². The second kappa shape index (κ2) is 3.58. The third-order valence-corrected chi connectivity index (χ3v) is 2.45. The lowest BCUT2D eigenvalue weighted by atomic mass is 10.0. The van der Waals surface area contributed by atoms with E-state index < -0.39 is 0 Å². The number of H-pyrrole nitrogens is 1. The highest BCUT2D eigenvalue weighted by Gasteiger charge is 2.12. The quantitative estimate of drug-likeness (QED) is 0.754. The van der Waals surface area contributed by atoms with Gasteiger partial charge in [-0.2, -0.15) is 5.26 Å². The highest BCUT2D eigenvalue weighted by molar-refractivity contribution is 6.09. The van der Waals surface area contributed by atoms with Gasteiger partial charge in [-0.25, -0.2) is 0 Å². The van der Waals surface area contributed by atoms with Gasteiger partial charge in [-0.15, -0.1) is 0 Å². The van der Waals surface area contributed by atoms with Gasteiger partial charge in [-0.3, -0.25) is 4.79 Å². The van der Waals surface area contributed by atoms with E-state index in [-0.39, 0.29) is 12.2 Å². The number of hydrogen-bond acceptors (Lipinski definition) is 2. The zero-order chi connectivity index (χ0) is 10.8. The van der Waals surface area contributed by atoms with Gasteiger partial charge in [0, 0.05) is 22.7 Å². The summed E-state index contributed by atoms with van der Waals surface area (Å²) in [6.07, 6.45) is 1.61. The summed E-state index contributed by atoms with van der Waals surface area (Å²) in [6.45, 7) is 1.96. The zero-order valence-electron chi connectivity index (χ0n) is 8.37. The molecule has 0 saturated carbocycles. The summed E-state index contributed by atoms with van der Waals surface area (Å²) < 4.78 is 0. The van der Waals surface area contributed by atoms with Gasteiger partial charge >= 0.3 is 0 Å². The van der Waals surface area contributed by atoms with Gasteiger partial charge in [0.1, 0.15) is 0 Å². The van der Waals surface area contributed by atoms with E-state index >= 15 is 0 Å². The summed E-state index contributed by atoms with van der Waals surface area (Å²) in [5.41, 5.74) is 2.61. The van der Waals surface area contributed by atoms with Crippen LogP contribution in [0.25, 0.3) is 10.9 Å². The van der Waals surface area contributed by atoms with Gasteiger partial charge in [0.25, 0.3) is 0 Å². The molecule has 3 heteroatoms. The molecule has 1 aromatic carbocycles. The van der Waals surface area contributed by atoms with Crippen LogP contribution in [0.3, 0.4) is 0 Å². The van der Waals surface area contributed by atoms with Crippen molar-refractivity contribution in [3.05, 3.63) is 35.5 Å². The maximum absolute atomic E-state index is 11.6. The molecule has 0 bridgehead atoms. The Kier molecular flexibility index (Phi) is 2.26. The average molecular weight is 198 g/mol.